The van der Waals surface area contributed by atoms with Crippen LogP contribution in [0.25, 0.3) is 0 Å². The van der Waals surface area contributed by atoms with Crippen molar-refractivity contribution in [1.29, 1.82) is 0 Å². The van der Waals surface area contributed by atoms with Crippen molar-refractivity contribution in [2.45, 2.75) is 39.8 Å². The molecule has 0 bridgehead atoms. The SMILES string of the molecule is CN=C(NCC(C)COCc1ccccc1)NCC1CCN(Cc2csc(C)n2)CC1. The van der Waals surface area contributed by atoms with E-state index in [1.165, 1.54) is 24.1 Å². The van der Waals surface area contributed by atoms with Crippen molar-refractivity contribution in [3.8, 4) is 0 Å². The summed E-state index contributed by atoms with van der Waals surface area (Å²) in [5.41, 5.74) is 2.43. The molecule has 1 aliphatic heterocycles. The highest BCUT2D eigenvalue weighted by molar-refractivity contribution is 7.09. The third kappa shape index (κ3) is 8.59. The summed E-state index contributed by atoms with van der Waals surface area (Å²) in [4.78, 5) is 11.5. The Kier molecular flexibility index (Phi) is 9.78. The maximum atomic E-state index is 5.85. The molecule has 2 aromatic rings. The number of benzene rings is 1. The number of ether oxygens (including phenoxy) is 1. The first-order valence-corrected chi connectivity index (χ1v) is 12.2. The maximum absolute atomic E-state index is 5.85. The summed E-state index contributed by atoms with van der Waals surface area (Å²) in [7, 11) is 1.84. The fraction of sp³-hybridized carbons (Fsp3) is 0.583. The van der Waals surface area contributed by atoms with Gasteiger partial charge in [-0.15, -0.1) is 11.3 Å². The molecule has 1 atom stereocenters. The number of aromatic nitrogens is 1. The largest absolute Gasteiger partial charge is 0.376 e. The van der Waals surface area contributed by atoms with Gasteiger partial charge in [0.15, 0.2) is 5.96 Å². The van der Waals surface area contributed by atoms with E-state index in [-0.39, 0.29) is 0 Å². The Bertz CT molecular complexity index is 786. The molecule has 0 amide bonds. The van der Waals surface area contributed by atoms with Crippen LogP contribution in [0.3, 0.4) is 0 Å². The van der Waals surface area contributed by atoms with E-state index in [1.807, 2.05) is 25.2 Å². The molecule has 1 aliphatic rings. The highest BCUT2D eigenvalue weighted by Crippen LogP contribution is 2.19. The minimum absolute atomic E-state index is 0.417. The summed E-state index contributed by atoms with van der Waals surface area (Å²) >= 11 is 1.74. The van der Waals surface area contributed by atoms with Crippen LogP contribution < -0.4 is 10.6 Å². The Balaban J connectivity index is 1.27. The van der Waals surface area contributed by atoms with Crippen LogP contribution in [0, 0.1) is 18.8 Å². The molecule has 6 nitrogen and oxygen atoms in total. The molecule has 2 heterocycles. The zero-order valence-corrected chi connectivity index (χ0v) is 20.0. The minimum Gasteiger partial charge on any atom is -0.376 e. The second kappa shape index (κ2) is 12.8. The van der Waals surface area contributed by atoms with Crippen LogP contribution in [-0.4, -0.2) is 55.7 Å². The van der Waals surface area contributed by atoms with Crippen LogP contribution in [0.15, 0.2) is 40.7 Å². The standard InChI is InChI=1S/C24H37N5OS/c1-19(16-30-17-22-7-5-4-6-8-22)13-26-24(25-3)27-14-21-9-11-29(12-10-21)15-23-18-31-20(2)28-23/h4-8,18-19,21H,9-17H2,1-3H3,(H2,25,26,27). The molecule has 2 N–H and O–H groups in total. The molecule has 1 saturated heterocycles. The Labute approximate surface area is 191 Å². The predicted octanol–water partition coefficient (Wildman–Crippen LogP) is 3.68. The molecule has 7 heteroatoms. The number of nitrogens with zero attached hydrogens (tertiary/aromatic N) is 3. The van der Waals surface area contributed by atoms with Crippen LogP contribution >= 0.6 is 11.3 Å². The van der Waals surface area contributed by atoms with Gasteiger partial charge >= 0.3 is 0 Å². The van der Waals surface area contributed by atoms with Gasteiger partial charge in [-0.2, -0.15) is 0 Å². The second-order valence-corrected chi connectivity index (χ2v) is 9.58. The molecule has 0 spiro atoms. The van der Waals surface area contributed by atoms with Gasteiger partial charge in [0.05, 0.1) is 23.9 Å². The number of aliphatic imine (C=N–C) groups is 1. The van der Waals surface area contributed by atoms with Gasteiger partial charge in [0.25, 0.3) is 0 Å². The predicted molar refractivity (Wildman–Crippen MR) is 129 cm³/mol. The van der Waals surface area contributed by atoms with E-state index < -0.39 is 0 Å². The van der Waals surface area contributed by atoms with Crippen molar-refractivity contribution in [3.63, 3.8) is 0 Å². The maximum Gasteiger partial charge on any atom is 0.190 e. The average Bonchev–Trinajstić information content (AvgIpc) is 3.20. The molecule has 31 heavy (non-hydrogen) atoms. The van der Waals surface area contributed by atoms with E-state index in [2.05, 4.69) is 56.9 Å². The number of guanidine groups is 1. The number of likely N-dealkylation sites (tertiary alicyclic amines) is 1. The first-order chi connectivity index (χ1) is 15.1. The van der Waals surface area contributed by atoms with Gasteiger partial charge in [-0.05, 0) is 50.3 Å². The van der Waals surface area contributed by atoms with Crippen molar-refractivity contribution in [2.24, 2.45) is 16.8 Å². The lowest BCUT2D eigenvalue weighted by Crippen LogP contribution is -2.44. The van der Waals surface area contributed by atoms with Crippen molar-refractivity contribution >= 4 is 17.3 Å². The average molecular weight is 444 g/mol. The van der Waals surface area contributed by atoms with Crippen LogP contribution in [-0.2, 0) is 17.9 Å². The Morgan fingerprint density at radius 2 is 2.03 bits per heavy atom. The van der Waals surface area contributed by atoms with E-state index in [4.69, 9.17) is 4.74 Å². The minimum atomic E-state index is 0.417. The molecule has 1 aromatic heterocycles. The molecule has 1 unspecified atom stereocenters. The highest BCUT2D eigenvalue weighted by Gasteiger charge is 2.20. The molecular formula is C24H37N5OS. The van der Waals surface area contributed by atoms with Gasteiger partial charge in [0.1, 0.15) is 0 Å². The lowest BCUT2D eigenvalue weighted by Gasteiger charge is -2.31. The van der Waals surface area contributed by atoms with Gasteiger partial charge in [0, 0.05) is 32.1 Å². The zero-order chi connectivity index (χ0) is 21.9. The summed E-state index contributed by atoms with van der Waals surface area (Å²) in [6.07, 6.45) is 2.44. The fourth-order valence-electron chi connectivity index (χ4n) is 3.80. The van der Waals surface area contributed by atoms with Gasteiger partial charge in [-0.25, -0.2) is 4.98 Å². The molecule has 3 rings (SSSR count). The highest BCUT2D eigenvalue weighted by atomic mass is 32.1. The molecule has 170 valence electrons. The van der Waals surface area contributed by atoms with E-state index in [9.17, 15) is 0 Å². The number of hydrogen-bond donors (Lipinski definition) is 2. The number of aryl methyl sites for hydroxylation is 1. The topological polar surface area (TPSA) is 61.8 Å². The Morgan fingerprint density at radius 1 is 1.26 bits per heavy atom. The Morgan fingerprint density at radius 3 is 2.71 bits per heavy atom. The lowest BCUT2D eigenvalue weighted by atomic mass is 9.97. The normalized spacial score (nSPS) is 16.9. The molecule has 0 aliphatic carbocycles. The first kappa shape index (κ1) is 23.7. The lowest BCUT2D eigenvalue weighted by molar-refractivity contribution is 0.0931. The second-order valence-electron chi connectivity index (χ2n) is 8.52. The van der Waals surface area contributed by atoms with E-state index in [0.29, 0.717) is 18.4 Å². The van der Waals surface area contributed by atoms with Crippen LogP contribution in [0.5, 0.6) is 0 Å². The summed E-state index contributed by atoms with van der Waals surface area (Å²) in [6.45, 7) is 10.8. The van der Waals surface area contributed by atoms with Crippen LogP contribution in [0.1, 0.15) is 36.0 Å². The number of rotatable bonds is 10. The van der Waals surface area contributed by atoms with Crippen molar-refractivity contribution in [1.82, 2.24) is 20.5 Å². The molecule has 1 aromatic carbocycles. The van der Waals surface area contributed by atoms with Gasteiger partial charge in [-0.3, -0.25) is 9.89 Å². The third-order valence-electron chi connectivity index (χ3n) is 5.67. The Hall–Kier alpha value is -1.96. The van der Waals surface area contributed by atoms with Crippen LogP contribution in [0.4, 0.5) is 0 Å². The van der Waals surface area contributed by atoms with Gasteiger partial charge in [0.2, 0.25) is 0 Å². The zero-order valence-electron chi connectivity index (χ0n) is 19.1. The van der Waals surface area contributed by atoms with Crippen LogP contribution in [0.2, 0.25) is 0 Å². The summed E-state index contributed by atoms with van der Waals surface area (Å²) in [5.74, 6) is 1.99. The molecule has 0 radical (unpaired) electrons. The van der Waals surface area contributed by atoms with E-state index in [1.54, 1.807) is 11.3 Å². The van der Waals surface area contributed by atoms with Crippen molar-refractivity contribution in [2.75, 3.05) is 39.8 Å². The summed E-state index contributed by atoms with van der Waals surface area (Å²) in [5, 5.41) is 10.3. The van der Waals surface area contributed by atoms with Crippen molar-refractivity contribution < 1.29 is 4.74 Å². The quantitative estimate of drug-likeness (QED) is 0.433. The third-order valence-corrected chi connectivity index (χ3v) is 6.50. The molecule has 1 fully saturated rings. The fourth-order valence-corrected chi connectivity index (χ4v) is 4.41. The number of nitrogens with one attached hydrogen (secondary N) is 2. The monoisotopic (exact) mass is 443 g/mol. The van der Waals surface area contributed by atoms with Gasteiger partial charge in [-0.1, -0.05) is 37.3 Å². The number of hydrogen-bond acceptors (Lipinski definition) is 5. The van der Waals surface area contributed by atoms with E-state index >= 15 is 0 Å². The molecule has 0 saturated carbocycles. The molecular weight excluding hydrogens is 406 g/mol. The number of piperidine rings is 1. The first-order valence-electron chi connectivity index (χ1n) is 11.3. The summed E-state index contributed by atoms with van der Waals surface area (Å²) in [6, 6.07) is 10.3. The van der Waals surface area contributed by atoms with Gasteiger partial charge < -0.3 is 15.4 Å². The van der Waals surface area contributed by atoms with Crippen molar-refractivity contribution in [3.05, 3.63) is 52.0 Å². The number of thiazole rings is 1. The summed E-state index contributed by atoms with van der Waals surface area (Å²) < 4.78 is 5.85. The smallest absolute Gasteiger partial charge is 0.190 e. The van der Waals surface area contributed by atoms with E-state index in [0.717, 1.165) is 50.3 Å².